The van der Waals surface area contributed by atoms with E-state index in [2.05, 4.69) is 15.7 Å². The van der Waals surface area contributed by atoms with E-state index in [9.17, 15) is 13.2 Å². The van der Waals surface area contributed by atoms with Crippen LogP contribution in [0.4, 0.5) is 10.5 Å². The lowest BCUT2D eigenvalue weighted by Crippen LogP contribution is -2.48. The van der Waals surface area contributed by atoms with Gasteiger partial charge >= 0.3 is 6.03 Å². The highest BCUT2D eigenvalue weighted by Crippen LogP contribution is 2.29. The van der Waals surface area contributed by atoms with Gasteiger partial charge in [-0.05, 0) is 18.8 Å². The van der Waals surface area contributed by atoms with Gasteiger partial charge in [0.25, 0.3) is 0 Å². The van der Waals surface area contributed by atoms with Crippen molar-refractivity contribution in [2.45, 2.75) is 18.9 Å². The maximum Gasteiger partial charge on any atom is 0.319 e. The van der Waals surface area contributed by atoms with Gasteiger partial charge in [0.1, 0.15) is 0 Å². The molecule has 8 nitrogen and oxygen atoms in total. The summed E-state index contributed by atoms with van der Waals surface area (Å²) in [7, 11) is -1.64. The number of hydrogen-bond donors (Lipinski definition) is 3. The van der Waals surface area contributed by atoms with Gasteiger partial charge in [0.05, 0.1) is 23.3 Å². The molecular formula is C16H21N5O3S. The number of nitrogens with two attached hydrogens (primary N) is 1. The van der Waals surface area contributed by atoms with Crippen LogP contribution in [0.1, 0.15) is 12.8 Å². The Bertz CT molecular complexity index is 857. The molecule has 0 bridgehead atoms. The van der Waals surface area contributed by atoms with Crippen molar-refractivity contribution in [3.05, 3.63) is 36.5 Å². The standard InChI is InChI=1S/C16H21N5O3S/c1-21-15(12-5-3-2-4-6-12)14(9-18-21)20-16(22)19-13-7-11(8-13)10-25(17,23)24/h2-6,9,11,13H,7-8,10H2,1H3,(H2,17,23,24)(H2,19,20,22). The number of aromatic nitrogens is 2. The number of nitrogens with one attached hydrogen (secondary N) is 2. The van der Waals surface area contributed by atoms with E-state index in [1.54, 1.807) is 10.9 Å². The number of primary sulfonamides is 1. The number of aryl methyl sites for hydroxylation is 1. The Labute approximate surface area is 146 Å². The Balaban J connectivity index is 1.58. The van der Waals surface area contributed by atoms with Gasteiger partial charge in [-0.2, -0.15) is 5.10 Å². The number of sulfonamides is 1. The number of carbonyl (C=O) groups is 1. The summed E-state index contributed by atoms with van der Waals surface area (Å²) in [6, 6.07) is 9.30. The second kappa shape index (κ2) is 6.85. The number of rotatable bonds is 5. The third-order valence-electron chi connectivity index (χ3n) is 4.27. The summed E-state index contributed by atoms with van der Waals surface area (Å²) < 4.78 is 23.8. The van der Waals surface area contributed by atoms with Gasteiger partial charge in [0.2, 0.25) is 10.0 Å². The first-order valence-corrected chi connectivity index (χ1v) is 9.69. The SMILES string of the molecule is Cn1ncc(NC(=O)NC2CC(CS(N)(=O)=O)C2)c1-c1ccccc1. The molecule has 0 spiro atoms. The molecule has 25 heavy (non-hydrogen) atoms. The van der Waals surface area contributed by atoms with Crippen LogP contribution in [0, 0.1) is 5.92 Å². The zero-order valence-electron chi connectivity index (χ0n) is 13.8. The van der Waals surface area contributed by atoms with Gasteiger partial charge in [-0.1, -0.05) is 30.3 Å². The summed E-state index contributed by atoms with van der Waals surface area (Å²) >= 11 is 0. The minimum atomic E-state index is -3.46. The van der Waals surface area contributed by atoms with Crippen LogP contribution in [0.5, 0.6) is 0 Å². The summed E-state index contributed by atoms with van der Waals surface area (Å²) in [5.41, 5.74) is 2.39. The fraction of sp³-hybridized carbons (Fsp3) is 0.375. The molecule has 1 aliphatic rings. The van der Waals surface area contributed by atoms with Crippen LogP contribution in [-0.4, -0.2) is 36.0 Å². The van der Waals surface area contributed by atoms with E-state index in [0.29, 0.717) is 18.5 Å². The number of anilines is 1. The van der Waals surface area contributed by atoms with Crippen molar-refractivity contribution in [3.63, 3.8) is 0 Å². The van der Waals surface area contributed by atoms with E-state index in [0.717, 1.165) is 11.3 Å². The molecule has 1 aromatic heterocycles. The zero-order valence-corrected chi connectivity index (χ0v) is 14.7. The van der Waals surface area contributed by atoms with E-state index >= 15 is 0 Å². The van der Waals surface area contributed by atoms with Crippen molar-refractivity contribution >= 4 is 21.7 Å². The summed E-state index contributed by atoms with van der Waals surface area (Å²) in [6.45, 7) is 0. The fourth-order valence-electron chi connectivity index (χ4n) is 3.13. The van der Waals surface area contributed by atoms with Crippen LogP contribution >= 0.6 is 0 Å². The predicted molar refractivity (Wildman–Crippen MR) is 95.3 cm³/mol. The average molecular weight is 363 g/mol. The molecular weight excluding hydrogens is 342 g/mol. The van der Waals surface area contributed by atoms with Gasteiger partial charge in [-0.25, -0.2) is 18.4 Å². The maximum atomic E-state index is 12.2. The van der Waals surface area contributed by atoms with E-state index in [1.807, 2.05) is 37.4 Å². The van der Waals surface area contributed by atoms with Crippen LogP contribution in [0.2, 0.25) is 0 Å². The first-order valence-electron chi connectivity index (χ1n) is 7.97. The largest absolute Gasteiger partial charge is 0.335 e. The molecule has 0 unspecified atom stereocenters. The molecule has 1 aliphatic carbocycles. The van der Waals surface area contributed by atoms with Crippen molar-refractivity contribution in [1.29, 1.82) is 0 Å². The van der Waals surface area contributed by atoms with Crippen molar-refractivity contribution in [2.24, 2.45) is 18.1 Å². The quantitative estimate of drug-likeness (QED) is 0.741. The Kier molecular flexibility index (Phi) is 4.78. The van der Waals surface area contributed by atoms with E-state index in [4.69, 9.17) is 5.14 Å². The number of carbonyl (C=O) groups excluding carboxylic acids is 1. The van der Waals surface area contributed by atoms with Crippen LogP contribution < -0.4 is 15.8 Å². The monoisotopic (exact) mass is 363 g/mol. The number of hydrogen-bond acceptors (Lipinski definition) is 4. The first-order chi connectivity index (χ1) is 11.8. The highest BCUT2D eigenvalue weighted by Gasteiger charge is 2.32. The summed E-state index contributed by atoms with van der Waals surface area (Å²) in [5, 5.41) is 14.9. The second-order valence-corrected chi connectivity index (χ2v) is 8.02. The van der Waals surface area contributed by atoms with Gasteiger partial charge in [-0.3, -0.25) is 4.68 Å². The maximum absolute atomic E-state index is 12.2. The van der Waals surface area contributed by atoms with E-state index in [-0.39, 0.29) is 23.7 Å². The molecule has 0 radical (unpaired) electrons. The lowest BCUT2D eigenvalue weighted by molar-refractivity contribution is 0.220. The fourth-order valence-corrected chi connectivity index (χ4v) is 4.06. The Morgan fingerprint density at radius 1 is 1.32 bits per heavy atom. The topological polar surface area (TPSA) is 119 Å². The number of urea groups is 1. The van der Waals surface area contributed by atoms with Gasteiger partial charge in [0.15, 0.2) is 0 Å². The van der Waals surface area contributed by atoms with Crippen molar-refractivity contribution in [2.75, 3.05) is 11.1 Å². The number of nitrogens with zero attached hydrogens (tertiary/aromatic N) is 2. The lowest BCUT2D eigenvalue weighted by atomic mass is 9.82. The molecule has 2 aromatic rings. The third-order valence-corrected chi connectivity index (χ3v) is 5.21. The zero-order chi connectivity index (χ0) is 18.0. The molecule has 0 atom stereocenters. The molecule has 9 heteroatoms. The minimum absolute atomic E-state index is 0.0126. The van der Waals surface area contributed by atoms with Gasteiger partial charge in [0, 0.05) is 18.7 Å². The average Bonchev–Trinajstić information content (AvgIpc) is 2.85. The Morgan fingerprint density at radius 2 is 2.00 bits per heavy atom. The number of amides is 2. The summed E-state index contributed by atoms with van der Waals surface area (Å²) in [6.07, 6.45) is 2.83. The molecule has 2 amide bonds. The molecule has 1 saturated carbocycles. The predicted octanol–water partition coefficient (Wildman–Crippen LogP) is 1.28. The first kappa shape index (κ1) is 17.4. The van der Waals surface area contributed by atoms with Crippen LogP contribution in [0.3, 0.4) is 0 Å². The molecule has 1 heterocycles. The molecule has 0 aliphatic heterocycles. The molecule has 1 aromatic carbocycles. The minimum Gasteiger partial charge on any atom is -0.335 e. The van der Waals surface area contributed by atoms with Gasteiger partial charge < -0.3 is 10.6 Å². The Morgan fingerprint density at radius 3 is 2.64 bits per heavy atom. The highest BCUT2D eigenvalue weighted by molar-refractivity contribution is 7.89. The normalized spacial score (nSPS) is 19.9. The molecule has 134 valence electrons. The number of benzene rings is 1. The smallest absolute Gasteiger partial charge is 0.319 e. The van der Waals surface area contributed by atoms with E-state index in [1.165, 1.54) is 0 Å². The molecule has 1 fully saturated rings. The second-order valence-electron chi connectivity index (χ2n) is 6.36. The summed E-state index contributed by atoms with van der Waals surface area (Å²) in [4.78, 5) is 12.2. The van der Waals surface area contributed by atoms with Gasteiger partial charge in [-0.15, -0.1) is 0 Å². The van der Waals surface area contributed by atoms with Crippen molar-refractivity contribution < 1.29 is 13.2 Å². The molecule has 4 N–H and O–H groups in total. The van der Waals surface area contributed by atoms with Crippen molar-refractivity contribution in [1.82, 2.24) is 15.1 Å². The molecule has 0 saturated heterocycles. The van der Waals surface area contributed by atoms with E-state index < -0.39 is 10.0 Å². The van der Waals surface area contributed by atoms with Crippen molar-refractivity contribution in [3.8, 4) is 11.3 Å². The van der Waals surface area contributed by atoms with Crippen LogP contribution in [0.15, 0.2) is 36.5 Å². The van der Waals surface area contributed by atoms with Crippen LogP contribution in [0.25, 0.3) is 11.3 Å². The summed E-state index contributed by atoms with van der Waals surface area (Å²) in [5.74, 6) is -0.0216. The highest BCUT2D eigenvalue weighted by atomic mass is 32.2. The Hall–Kier alpha value is -2.39. The lowest BCUT2D eigenvalue weighted by Gasteiger charge is -2.35. The van der Waals surface area contributed by atoms with Crippen LogP contribution in [-0.2, 0) is 17.1 Å². The third kappa shape index (κ3) is 4.37. The molecule has 3 rings (SSSR count).